The number of fused-ring (bicyclic) bond motifs is 2. The number of pyridine rings is 2. The quantitative estimate of drug-likeness (QED) is 0.356. The van der Waals surface area contributed by atoms with E-state index in [9.17, 15) is 23.5 Å². The van der Waals surface area contributed by atoms with Gasteiger partial charge in [0.25, 0.3) is 5.56 Å². The van der Waals surface area contributed by atoms with Gasteiger partial charge in [0, 0.05) is 43.9 Å². The maximum atomic E-state index is 14.1. The zero-order chi connectivity index (χ0) is 27.4. The first-order valence-corrected chi connectivity index (χ1v) is 12.4. The summed E-state index contributed by atoms with van der Waals surface area (Å²) in [7, 11) is 1.36. The number of nitrogens with zero attached hydrogens (tertiary/aromatic N) is 6. The molecule has 0 radical (unpaired) electrons. The number of ether oxygens (including phenoxy) is 1. The van der Waals surface area contributed by atoms with Crippen molar-refractivity contribution in [3.63, 3.8) is 0 Å². The number of anilines is 1. The second kappa shape index (κ2) is 9.47. The van der Waals surface area contributed by atoms with E-state index < -0.39 is 22.9 Å². The standard InChI is InChI=1S/C26H21ClF2N6O4/c1-39-24-23-19(10-21(31-24)32-6-4-14(12-32)13-36)34(16-2-3-18(29)17(27)9-16)26(38)35(25(23)37)22-11-30-20-8-15(28)5-7-33(20)22/h2-3,5,7-11,14,36H,4,6,12-13H2,1H3/t14-/m1/s1. The van der Waals surface area contributed by atoms with Crippen LogP contribution in [0.1, 0.15) is 6.42 Å². The molecule has 0 amide bonds. The van der Waals surface area contributed by atoms with Gasteiger partial charge in [-0.05, 0) is 30.7 Å². The Balaban J connectivity index is 1.72. The Morgan fingerprint density at radius 1 is 1.15 bits per heavy atom. The van der Waals surface area contributed by atoms with Crippen molar-refractivity contribution in [2.24, 2.45) is 5.92 Å². The topological polar surface area (TPSA) is 107 Å². The van der Waals surface area contributed by atoms with Gasteiger partial charge in [-0.2, -0.15) is 4.98 Å². The molecule has 0 unspecified atom stereocenters. The Labute approximate surface area is 223 Å². The number of methoxy groups -OCH3 is 1. The third kappa shape index (κ3) is 4.03. The molecule has 1 atom stereocenters. The number of imidazole rings is 1. The Morgan fingerprint density at radius 3 is 2.69 bits per heavy atom. The predicted octanol–water partition coefficient (Wildman–Crippen LogP) is 2.94. The molecule has 200 valence electrons. The average Bonchev–Trinajstić information content (AvgIpc) is 3.57. The number of halogens is 3. The number of aliphatic hydroxyl groups is 1. The van der Waals surface area contributed by atoms with E-state index in [4.69, 9.17) is 16.3 Å². The normalized spacial score (nSPS) is 15.5. The van der Waals surface area contributed by atoms with Crippen LogP contribution < -0.4 is 20.9 Å². The van der Waals surface area contributed by atoms with E-state index in [-0.39, 0.29) is 51.5 Å². The second-order valence-corrected chi connectivity index (χ2v) is 9.62. The zero-order valence-electron chi connectivity index (χ0n) is 20.5. The molecule has 10 nitrogen and oxygen atoms in total. The lowest BCUT2D eigenvalue weighted by Gasteiger charge is -2.21. The van der Waals surface area contributed by atoms with Crippen LogP contribution in [-0.4, -0.2) is 55.4 Å². The summed E-state index contributed by atoms with van der Waals surface area (Å²) in [6.45, 7) is 1.16. The Kier molecular flexibility index (Phi) is 6.07. The van der Waals surface area contributed by atoms with Gasteiger partial charge in [-0.25, -0.2) is 23.1 Å². The largest absolute Gasteiger partial charge is 0.480 e. The van der Waals surface area contributed by atoms with Gasteiger partial charge in [0.2, 0.25) is 5.88 Å². The molecular weight excluding hydrogens is 534 g/mol. The van der Waals surface area contributed by atoms with Crippen molar-refractivity contribution in [1.29, 1.82) is 0 Å². The highest BCUT2D eigenvalue weighted by Crippen LogP contribution is 2.30. The van der Waals surface area contributed by atoms with Gasteiger partial charge >= 0.3 is 5.69 Å². The van der Waals surface area contributed by atoms with Gasteiger partial charge in [0.1, 0.15) is 34.3 Å². The van der Waals surface area contributed by atoms with Crippen molar-refractivity contribution in [1.82, 2.24) is 23.5 Å². The Hall–Kier alpha value is -4.29. The van der Waals surface area contributed by atoms with Gasteiger partial charge in [-0.1, -0.05) is 11.6 Å². The average molecular weight is 555 g/mol. The molecule has 5 aromatic rings. The predicted molar refractivity (Wildman–Crippen MR) is 141 cm³/mol. The smallest absolute Gasteiger partial charge is 0.342 e. The molecule has 0 aliphatic carbocycles. The summed E-state index contributed by atoms with van der Waals surface area (Å²) >= 11 is 6.08. The number of hydrogen-bond donors (Lipinski definition) is 1. The third-order valence-electron chi connectivity index (χ3n) is 6.90. The second-order valence-electron chi connectivity index (χ2n) is 9.21. The van der Waals surface area contributed by atoms with Crippen LogP contribution in [0.2, 0.25) is 5.02 Å². The van der Waals surface area contributed by atoms with Gasteiger partial charge in [0.05, 0.1) is 29.5 Å². The SMILES string of the molecule is COc1nc(N2CC[C@@H](CO)C2)cc2c1c(=O)n(-c1cnc3cc(F)ccn13)c(=O)n2-c1ccc(F)c(Cl)c1. The molecule has 1 fully saturated rings. The molecule has 1 aliphatic rings. The van der Waals surface area contributed by atoms with Crippen LogP contribution in [0.3, 0.4) is 0 Å². The highest BCUT2D eigenvalue weighted by molar-refractivity contribution is 6.30. The fourth-order valence-corrected chi connectivity index (χ4v) is 5.13. The summed E-state index contributed by atoms with van der Waals surface area (Å²) in [5.41, 5.74) is -0.996. The molecule has 1 saturated heterocycles. The maximum absolute atomic E-state index is 14.1. The Bertz CT molecular complexity index is 1890. The highest BCUT2D eigenvalue weighted by atomic mass is 35.5. The summed E-state index contributed by atoms with van der Waals surface area (Å²) < 4.78 is 36.9. The minimum atomic E-state index is -0.796. The first-order valence-electron chi connectivity index (χ1n) is 12.0. The summed E-state index contributed by atoms with van der Waals surface area (Å²) in [4.78, 5) is 38.7. The van der Waals surface area contributed by atoms with Crippen molar-refractivity contribution in [2.75, 3.05) is 31.7 Å². The molecule has 39 heavy (non-hydrogen) atoms. The highest BCUT2D eigenvalue weighted by Gasteiger charge is 2.27. The summed E-state index contributed by atoms with van der Waals surface area (Å²) in [5, 5.41) is 9.36. The van der Waals surface area contributed by atoms with Crippen LogP contribution in [0, 0.1) is 17.6 Å². The number of rotatable bonds is 5. The minimum absolute atomic E-state index is 0.0173. The monoisotopic (exact) mass is 554 g/mol. The van der Waals surface area contributed by atoms with Crippen molar-refractivity contribution in [2.45, 2.75) is 6.42 Å². The van der Waals surface area contributed by atoms with Gasteiger partial charge in [-0.15, -0.1) is 0 Å². The first-order chi connectivity index (χ1) is 18.8. The van der Waals surface area contributed by atoms with Crippen LogP contribution in [0.15, 0.2) is 58.4 Å². The van der Waals surface area contributed by atoms with Gasteiger partial charge < -0.3 is 14.7 Å². The lowest BCUT2D eigenvalue weighted by Crippen LogP contribution is -2.39. The van der Waals surface area contributed by atoms with Crippen molar-refractivity contribution in [3.8, 4) is 17.4 Å². The van der Waals surface area contributed by atoms with E-state index in [1.165, 1.54) is 46.7 Å². The molecule has 1 N–H and O–H groups in total. The van der Waals surface area contributed by atoms with E-state index in [1.54, 1.807) is 6.07 Å². The molecule has 6 rings (SSSR count). The van der Waals surface area contributed by atoms with E-state index in [2.05, 4.69) is 9.97 Å². The maximum Gasteiger partial charge on any atom is 0.342 e. The van der Waals surface area contributed by atoms with Crippen LogP contribution in [0.4, 0.5) is 14.6 Å². The zero-order valence-corrected chi connectivity index (χ0v) is 21.3. The minimum Gasteiger partial charge on any atom is -0.480 e. The van der Waals surface area contributed by atoms with Gasteiger partial charge in [0.15, 0.2) is 0 Å². The first kappa shape index (κ1) is 25.0. The number of aromatic nitrogens is 5. The molecular formula is C26H21ClF2N6O4. The van der Waals surface area contributed by atoms with Gasteiger partial charge in [-0.3, -0.25) is 13.8 Å². The lowest BCUT2D eigenvalue weighted by molar-refractivity contribution is 0.238. The Morgan fingerprint density at radius 2 is 1.97 bits per heavy atom. The molecule has 0 saturated carbocycles. The van der Waals surface area contributed by atoms with Crippen molar-refractivity contribution < 1.29 is 18.6 Å². The molecule has 0 spiro atoms. The lowest BCUT2D eigenvalue weighted by atomic mass is 10.1. The number of aliphatic hydroxyl groups excluding tert-OH is 1. The van der Waals surface area contributed by atoms with Crippen LogP contribution in [0.25, 0.3) is 28.1 Å². The van der Waals surface area contributed by atoms with E-state index in [0.717, 1.165) is 23.1 Å². The number of hydrogen-bond acceptors (Lipinski definition) is 7. The van der Waals surface area contributed by atoms with Crippen molar-refractivity contribution in [3.05, 3.63) is 86.3 Å². The van der Waals surface area contributed by atoms with Crippen molar-refractivity contribution >= 4 is 34.0 Å². The summed E-state index contributed by atoms with van der Waals surface area (Å²) in [6, 6.07) is 7.69. The molecule has 1 aliphatic heterocycles. The number of benzene rings is 1. The third-order valence-corrected chi connectivity index (χ3v) is 7.19. The molecule has 4 aromatic heterocycles. The molecule has 5 heterocycles. The van der Waals surface area contributed by atoms with Crippen LogP contribution in [0.5, 0.6) is 5.88 Å². The van der Waals surface area contributed by atoms with E-state index in [1.807, 2.05) is 4.90 Å². The molecule has 13 heteroatoms. The van der Waals surface area contributed by atoms with Crippen LogP contribution >= 0.6 is 11.6 Å². The summed E-state index contributed by atoms with van der Waals surface area (Å²) in [5.74, 6) is -0.691. The molecule has 0 bridgehead atoms. The summed E-state index contributed by atoms with van der Waals surface area (Å²) in [6.07, 6.45) is 3.38. The fourth-order valence-electron chi connectivity index (χ4n) is 4.96. The fraction of sp³-hybridized carbons (Fsp3) is 0.231. The van der Waals surface area contributed by atoms with E-state index in [0.29, 0.717) is 18.9 Å². The molecule has 1 aromatic carbocycles. The van der Waals surface area contributed by atoms with E-state index >= 15 is 0 Å². The van der Waals surface area contributed by atoms with Crippen LogP contribution in [-0.2, 0) is 0 Å².